The molecule has 0 saturated carbocycles. The number of carbonyl (C=O) groups excluding carboxylic acids is 4. The average Bonchev–Trinajstić information content (AvgIpc) is 3.29. The molecular formula is C24H20BrN3O5. The van der Waals surface area contributed by atoms with Crippen molar-refractivity contribution in [3.63, 3.8) is 0 Å². The first-order chi connectivity index (χ1) is 15.8. The topological polar surface area (TPSA) is 109 Å². The van der Waals surface area contributed by atoms with Gasteiger partial charge < -0.3 is 14.6 Å². The van der Waals surface area contributed by atoms with Crippen LogP contribution in [-0.4, -0.2) is 34.6 Å². The van der Waals surface area contributed by atoms with Crippen molar-refractivity contribution in [1.82, 2.24) is 15.5 Å². The highest BCUT2D eigenvalue weighted by atomic mass is 79.9. The van der Waals surface area contributed by atoms with E-state index in [9.17, 15) is 19.2 Å². The van der Waals surface area contributed by atoms with Crippen molar-refractivity contribution < 1.29 is 23.6 Å². The number of nitrogens with zero attached hydrogens (tertiary/aromatic N) is 1. The van der Waals surface area contributed by atoms with Crippen LogP contribution in [0.15, 0.2) is 45.3 Å². The lowest BCUT2D eigenvalue weighted by molar-refractivity contribution is -0.136. The molecule has 1 aromatic heterocycles. The van der Waals surface area contributed by atoms with Crippen LogP contribution in [0.25, 0.3) is 11.0 Å². The molecule has 2 aliphatic heterocycles. The van der Waals surface area contributed by atoms with Crippen molar-refractivity contribution in [3.05, 3.63) is 68.9 Å². The standard InChI is InChI=1S/C24H20BrN3O5/c1-12-17-9-15(25)3-6-19(17)33-21(12)23(31)26-10-13-2-4-16-14(8-13)11-28(24(16)32)18-5-7-20(29)27-22(18)30/h2-4,6,8-9,18H,5,7,10-11H2,1H3,(H,26,31)(H,27,29,30). The highest BCUT2D eigenvalue weighted by Crippen LogP contribution is 2.29. The molecule has 5 rings (SSSR count). The Morgan fingerprint density at radius 2 is 2.03 bits per heavy atom. The number of rotatable bonds is 4. The van der Waals surface area contributed by atoms with Crippen LogP contribution in [0.5, 0.6) is 0 Å². The van der Waals surface area contributed by atoms with Gasteiger partial charge >= 0.3 is 0 Å². The summed E-state index contributed by atoms with van der Waals surface area (Å²) in [5.41, 5.74) is 3.57. The lowest BCUT2D eigenvalue weighted by Gasteiger charge is -2.29. The summed E-state index contributed by atoms with van der Waals surface area (Å²) in [6.07, 6.45) is 0.534. The summed E-state index contributed by atoms with van der Waals surface area (Å²) in [5, 5.41) is 6.05. The molecule has 9 heteroatoms. The first-order valence-electron chi connectivity index (χ1n) is 10.5. The normalized spacial score (nSPS) is 17.9. The molecule has 2 aromatic carbocycles. The van der Waals surface area contributed by atoms with Gasteiger partial charge in [0.1, 0.15) is 11.6 Å². The van der Waals surface area contributed by atoms with Crippen LogP contribution in [0.2, 0.25) is 0 Å². The van der Waals surface area contributed by atoms with Crippen molar-refractivity contribution in [2.45, 2.75) is 38.9 Å². The fourth-order valence-electron chi connectivity index (χ4n) is 4.41. The van der Waals surface area contributed by atoms with E-state index >= 15 is 0 Å². The number of halogens is 1. The molecule has 2 N–H and O–H groups in total. The largest absolute Gasteiger partial charge is 0.451 e. The number of piperidine rings is 1. The fourth-order valence-corrected chi connectivity index (χ4v) is 4.77. The zero-order valence-electron chi connectivity index (χ0n) is 17.7. The molecular weight excluding hydrogens is 490 g/mol. The van der Waals surface area contributed by atoms with Crippen LogP contribution >= 0.6 is 15.9 Å². The summed E-state index contributed by atoms with van der Waals surface area (Å²) < 4.78 is 6.65. The summed E-state index contributed by atoms with van der Waals surface area (Å²) in [6.45, 7) is 2.40. The van der Waals surface area contributed by atoms with Crippen LogP contribution in [0.3, 0.4) is 0 Å². The van der Waals surface area contributed by atoms with Gasteiger partial charge in [0.2, 0.25) is 11.8 Å². The van der Waals surface area contributed by atoms with Gasteiger partial charge in [-0.25, -0.2) is 0 Å². The van der Waals surface area contributed by atoms with Gasteiger partial charge in [-0.1, -0.05) is 28.1 Å². The monoisotopic (exact) mass is 509 g/mol. The van der Waals surface area contributed by atoms with Crippen molar-refractivity contribution in [1.29, 1.82) is 0 Å². The second-order valence-electron chi connectivity index (χ2n) is 8.27. The smallest absolute Gasteiger partial charge is 0.287 e. The summed E-state index contributed by atoms with van der Waals surface area (Å²) >= 11 is 3.43. The molecule has 8 nitrogen and oxygen atoms in total. The first kappa shape index (κ1) is 21.4. The molecule has 0 bridgehead atoms. The van der Waals surface area contributed by atoms with Crippen molar-refractivity contribution in [2.75, 3.05) is 0 Å². The molecule has 168 valence electrons. The van der Waals surface area contributed by atoms with Gasteiger partial charge in [0, 0.05) is 40.5 Å². The summed E-state index contributed by atoms with van der Waals surface area (Å²) in [7, 11) is 0. The van der Waals surface area contributed by atoms with Crippen LogP contribution < -0.4 is 10.6 Å². The van der Waals surface area contributed by atoms with E-state index in [-0.39, 0.29) is 36.4 Å². The molecule has 3 aromatic rings. The van der Waals surface area contributed by atoms with Gasteiger partial charge in [0.15, 0.2) is 5.76 Å². The number of furan rings is 1. The Morgan fingerprint density at radius 3 is 2.82 bits per heavy atom. The number of benzene rings is 2. The maximum absolute atomic E-state index is 12.8. The van der Waals surface area contributed by atoms with Crippen molar-refractivity contribution in [3.8, 4) is 0 Å². The molecule has 1 saturated heterocycles. The van der Waals surface area contributed by atoms with E-state index < -0.39 is 11.9 Å². The third kappa shape index (κ3) is 3.82. The van der Waals surface area contributed by atoms with E-state index in [1.54, 1.807) is 12.1 Å². The third-order valence-electron chi connectivity index (χ3n) is 6.15. The maximum atomic E-state index is 12.8. The van der Waals surface area contributed by atoms with Gasteiger partial charge in [-0.15, -0.1) is 0 Å². The second kappa shape index (κ2) is 8.15. The minimum absolute atomic E-state index is 0.214. The molecule has 1 fully saturated rings. The minimum Gasteiger partial charge on any atom is -0.451 e. The van der Waals surface area contributed by atoms with Gasteiger partial charge in [-0.05, 0) is 48.7 Å². The molecule has 2 aliphatic rings. The van der Waals surface area contributed by atoms with Gasteiger partial charge in [0.05, 0.1) is 0 Å². The maximum Gasteiger partial charge on any atom is 0.287 e. The average molecular weight is 510 g/mol. The number of hydrogen-bond acceptors (Lipinski definition) is 5. The van der Waals surface area contributed by atoms with Crippen LogP contribution in [0.1, 0.15) is 50.4 Å². The van der Waals surface area contributed by atoms with Gasteiger partial charge in [0.25, 0.3) is 11.8 Å². The number of hydrogen-bond donors (Lipinski definition) is 2. The molecule has 0 aliphatic carbocycles. The van der Waals surface area contributed by atoms with Crippen LogP contribution in [-0.2, 0) is 22.7 Å². The number of aryl methyl sites for hydroxylation is 1. The molecule has 3 heterocycles. The Bertz CT molecular complexity index is 1350. The van der Waals surface area contributed by atoms with Crippen molar-refractivity contribution in [2.24, 2.45) is 0 Å². The molecule has 0 radical (unpaired) electrons. The highest BCUT2D eigenvalue weighted by Gasteiger charge is 2.39. The van der Waals surface area contributed by atoms with Gasteiger partial charge in [-0.3, -0.25) is 24.5 Å². The quantitative estimate of drug-likeness (QED) is 0.525. The zero-order valence-corrected chi connectivity index (χ0v) is 19.3. The Morgan fingerprint density at radius 1 is 1.21 bits per heavy atom. The number of amides is 4. The van der Waals surface area contributed by atoms with Crippen LogP contribution in [0.4, 0.5) is 0 Å². The van der Waals surface area contributed by atoms with Crippen LogP contribution in [0, 0.1) is 6.92 Å². The lowest BCUT2D eigenvalue weighted by Crippen LogP contribution is -2.52. The van der Waals surface area contributed by atoms with Crippen molar-refractivity contribution >= 4 is 50.5 Å². The zero-order chi connectivity index (χ0) is 23.3. The molecule has 1 unspecified atom stereocenters. The summed E-state index contributed by atoms with van der Waals surface area (Å²) in [6, 6.07) is 10.3. The second-order valence-corrected chi connectivity index (χ2v) is 9.19. The number of imide groups is 1. The predicted octanol–water partition coefficient (Wildman–Crippen LogP) is 3.19. The van der Waals surface area contributed by atoms with E-state index in [1.165, 1.54) is 4.90 Å². The fraction of sp³-hybridized carbons (Fsp3) is 0.250. The van der Waals surface area contributed by atoms with E-state index in [1.807, 2.05) is 31.2 Å². The molecule has 33 heavy (non-hydrogen) atoms. The minimum atomic E-state index is -0.651. The molecule has 0 spiro atoms. The van der Waals surface area contributed by atoms with E-state index in [2.05, 4.69) is 26.6 Å². The number of fused-ring (bicyclic) bond motifs is 2. The van der Waals surface area contributed by atoms with E-state index in [0.717, 1.165) is 26.5 Å². The van der Waals surface area contributed by atoms with E-state index in [0.29, 0.717) is 24.1 Å². The van der Waals surface area contributed by atoms with Gasteiger partial charge in [-0.2, -0.15) is 0 Å². The molecule has 1 atom stereocenters. The van der Waals surface area contributed by atoms with E-state index in [4.69, 9.17) is 4.42 Å². The number of carbonyl (C=O) groups is 4. The predicted molar refractivity (Wildman–Crippen MR) is 122 cm³/mol. The lowest BCUT2D eigenvalue weighted by atomic mass is 10.0. The Labute approximate surface area is 197 Å². The highest BCUT2D eigenvalue weighted by molar-refractivity contribution is 9.10. The summed E-state index contributed by atoms with van der Waals surface area (Å²) in [5.74, 6) is -1.02. The summed E-state index contributed by atoms with van der Waals surface area (Å²) in [4.78, 5) is 50.7. The first-order valence-corrected chi connectivity index (χ1v) is 11.3. The Kier molecular flexibility index (Phi) is 5.28. The Hall–Kier alpha value is -3.46. The number of nitrogens with one attached hydrogen (secondary N) is 2. The molecule has 4 amide bonds. The SMILES string of the molecule is Cc1c(C(=O)NCc2ccc3c(c2)CN(C2CCC(=O)NC2=O)C3=O)oc2ccc(Br)cc12. The Balaban J connectivity index is 1.29. The third-order valence-corrected chi connectivity index (χ3v) is 6.64.